The van der Waals surface area contributed by atoms with Gasteiger partial charge in [0.1, 0.15) is 6.10 Å². The fraction of sp³-hybridized carbons (Fsp3) is 0.923. The third kappa shape index (κ3) is 8.98. The molecule has 0 spiro atoms. The van der Waals surface area contributed by atoms with Crippen molar-refractivity contribution in [2.24, 2.45) is 0 Å². The van der Waals surface area contributed by atoms with Crippen LogP contribution in [0.2, 0.25) is 0 Å². The van der Waals surface area contributed by atoms with E-state index < -0.39 is 0 Å². The van der Waals surface area contributed by atoms with E-state index in [2.05, 4.69) is 24.1 Å². The van der Waals surface area contributed by atoms with Gasteiger partial charge in [0.05, 0.1) is 0 Å². The Kier molecular flexibility index (Phi) is 9.92. The van der Waals surface area contributed by atoms with Gasteiger partial charge in [-0.3, -0.25) is 0 Å². The van der Waals surface area contributed by atoms with E-state index in [1.165, 1.54) is 6.42 Å². The molecule has 0 aromatic rings. The quantitative estimate of drug-likeness (QED) is 0.634. The average Bonchev–Trinajstić information content (AvgIpc) is 2.32. The van der Waals surface area contributed by atoms with Crippen molar-refractivity contribution in [3.8, 4) is 0 Å². The highest BCUT2D eigenvalue weighted by molar-refractivity contribution is 5.67. The van der Waals surface area contributed by atoms with E-state index in [0.29, 0.717) is 6.54 Å². The van der Waals surface area contributed by atoms with Crippen molar-refractivity contribution in [1.29, 1.82) is 0 Å². The molecule has 0 aliphatic carbocycles. The van der Waals surface area contributed by atoms with Crippen LogP contribution in [0.5, 0.6) is 0 Å². The maximum Gasteiger partial charge on any atom is 0.407 e. The molecule has 1 atom stereocenters. The molecule has 0 heterocycles. The van der Waals surface area contributed by atoms with Crippen molar-refractivity contribution in [1.82, 2.24) is 10.2 Å². The first-order valence-electron chi connectivity index (χ1n) is 6.80. The third-order valence-electron chi connectivity index (χ3n) is 2.79. The van der Waals surface area contributed by atoms with Crippen LogP contribution in [0.15, 0.2) is 0 Å². The predicted molar refractivity (Wildman–Crippen MR) is 71.3 cm³/mol. The van der Waals surface area contributed by atoms with Gasteiger partial charge in [0, 0.05) is 6.54 Å². The molecule has 1 N–H and O–H groups in total. The molecule has 0 aliphatic rings. The molecule has 1 amide bonds. The summed E-state index contributed by atoms with van der Waals surface area (Å²) in [5.74, 6) is 0. The number of nitrogens with zero attached hydrogens (tertiary/aromatic N) is 1. The van der Waals surface area contributed by atoms with Crippen molar-refractivity contribution in [3.05, 3.63) is 0 Å². The van der Waals surface area contributed by atoms with E-state index in [1.54, 1.807) is 0 Å². The third-order valence-corrected chi connectivity index (χ3v) is 2.79. The van der Waals surface area contributed by atoms with E-state index in [9.17, 15) is 4.79 Å². The second kappa shape index (κ2) is 10.4. The van der Waals surface area contributed by atoms with Crippen molar-refractivity contribution in [2.75, 3.05) is 26.2 Å². The van der Waals surface area contributed by atoms with E-state index in [4.69, 9.17) is 4.74 Å². The molecule has 0 fully saturated rings. The Labute approximate surface area is 106 Å². The molecule has 1 unspecified atom stereocenters. The lowest BCUT2D eigenvalue weighted by molar-refractivity contribution is 0.104. The zero-order chi connectivity index (χ0) is 13.1. The maximum atomic E-state index is 11.3. The number of ether oxygens (including phenoxy) is 1. The number of nitrogens with one attached hydrogen (secondary N) is 1. The number of alkyl carbamates (subject to hydrolysis) is 1. The van der Waals surface area contributed by atoms with Crippen LogP contribution in [0.4, 0.5) is 4.79 Å². The molecule has 17 heavy (non-hydrogen) atoms. The summed E-state index contributed by atoms with van der Waals surface area (Å²) < 4.78 is 5.12. The average molecular weight is 244 g/mol. The summed E-state index contributed by atoms with van der Waals surface area (Å²) in [6.07, 6.45) is 2.72. The Hall–Kier alpha value is -0.770. The molecule has 0 bridgehead atoms. The number of carbonyl (C=O) groups is 1. The molecular weight excluding hydrogens is 216 g/mol. The summed E-state index contributed by atoms with van der Waals surface area (Å²) in [4.78, 5) is 13.7. The standard InChI is InChI=1S/C13H28N2O2/c1-5-10-15(7-3)11-8-9-14-13(16)17-12(4)6-2/h12H,5-11H2,1-4H3,(H,14,16). The van der Waals surface area contributed by atoms with Crippen LogP contribution in [0.3, 0.4) is 0 Å². The van der Waals surface area contributed by atoms with Crippen molar-refractivity contribution < 1.29 is 9.53 Å². The Morgan fingerprint density at radius 1 is 1.29 bits per heavy atom. The summed E-state index contributed by atoms with van der Waals surface area (Å²) in [6.45, 7) is 12.2. The Morgan fingerprint density at radius 3 is 2.53 bits per heavy atom. The Balaban J connectivity index is 3.52. The van der Waals surface area contributed by atoms with E-state index >= 15 is 0 Å². The summed E-state index contributed by atoms with van der Waals surface area (Å²) >= 11 is 0. The van der Waals surface area contributed by atoms with Gasteiger partial charge in [-0.2, -0.15) is 0 Å². The van der Waals surface area contributed by atoms with Crippen LogP contribution in [0.25, 0.3) is 0 Å². The van der Waals surface area contributed by atoms with Crippen LogP contribution in [0, 0.1) is 0 Å². The lowest BCUT2D eigenvalue weighted by atomic mass is 10.3. The van der Waals surface area contributed by atoms with E-state index in [-0.39, 0.29) is 12.2 Å². The first-order chi connectivity index (χ1) is 8.13. The summed E-state index contributed by atoms with van der Waals surface area (Å²) in [5.41, 5.74) is 0. The second-order valence-electron chi connectivity index (χ2n) is 4.34. The van der Waals surface area contributed by atoms with E-state index in [1.807, 2.05) is 13.8 Å². The number of hydrogen-bond donors (Lipinski definition) is 1. The van der Waals surface area contributed by atoms with Gasteiger partial charge in [0.25, 0.3) is 0 Å². The first kappa shape index (κ1) is 16.2. The van der Waals surface area contributed by atoms with Gasteiger partial charge in [0.2, 0.25) is 0 Å². The van der Waals surface area contributed by atoms with Gasteiger partial charge in [-0.05, 0) is 45.8 Å². The minimum Gasteiger partial charge on any atom is -0.447 e. The topological polar surface area (TPSA) is 41.6 Å². The monoisotopic (exact) mass is 244 g/mol. The number of rotatable bonds is 9. The van der Waals surface area contributed by atoms with Gasteiger partial charge < -0.3 is 15.0 Å². The van der Waals surface area contributed by atoms with Gasteiger partial charge >= 0.3 is 6.09 Å². The smallest absolute Gasteiger partial charge is 0.407 e. The van der Waals surface area contributed by atoms with Crippen LogP contribution >= 0.6 is 0 Å². The van der Waals surface area contributed by atoms with Crippen molar-refractivity contribution >= 4 is 6.09 Å². The highest BCUT2D eigenvalue weighted by Gasteiger charge is 2.06. The normalized spacial score (nSPS) is 12.5. The van der Waals surface area contributed by atoms with Gasteiger partial charge in [-0.25, -0.2) is 4.79 Å². The number of amides is 1. The molecule has 0 radical (unpaired) electrons. The molecule has 0 saturated carbocycles. The lowest BCUT2D eigenvalue weighted by Gasteiger charge is -2.19. The summed E-state index contributed by atoms with van der Waals surface area (Å²) in [5, 5.41) is 2.78. The van der Waals surface area contributed by atoms with E-state index in [0.717, 1.165) is 32.5 Å². The summed E-state index contributed by atoms with van der Waals surface area (Å²) in [7, 11) is 0. The van der Waals surface area contributed by atoms with Crippen LogP contribution in [-0.2, 0) is 4.74 Å². The SMILES string of the molecule is CCCN(CC)CCCNC(=O)OC(C)CC. The predicted octanol–water partition coefficient (Wildman–Crippen LogP) is 2.63. The molecule has 102 valence electrons. The molecular formula is C13H28N2O2. The van der Waals surface area contributed by atoms with Crippen LogP contribution < -0.4 is 5.32 Å². The molecule has 0 aromatic carbocycles. The largest absolute Gasteiger partial charge is 0.447 e. The Bertz CT molecular complexity index is 198. The van der Waals surface area contributed by atoms with Crippen molar-refractivity contribution in [3.63, 3.8) is 0 Å². The first-order valence-corrected chi connectivity index (χ1v) is 6.80. The fourth-order valence-corrected chi connectivity index (χ4v) is 1.55. The molecule has 0 rings (SSSR count). The Morgan fingerprint density at radius 2 is 2.00 bits per heavy atom. The zero-order valence-electron chi connectivity index (χ0n) is 11.8. The van der Waals surface area contributed by atoms with Crippen LogP contribution in [-0.4, -0.2) is 43.3 Å². The molecule has 0 saturated heterocycles. The van der Waals surface area contributed by atoms with Gasteiger partial charge in [-0.15, -0.1) is 0 Å². The minimum atomic E-state index is -0.294. The maximum absolute atomic E-state index is 11.3. The van der Waals surface area contributed by atoms with Gasteiger partial charge in [0.15, 0.2) is 0 Å². The van der Waals surface area contributed by atoms with Crippen LogP contribution in [0.1, 0.15) is 47.0 Å². The highest BCUT2D eigenvalue weighted by Crippen LogP contribution is 1.96. The zero-order valence-corrected chi connectivity index (χ0v) is 11.8. The number of hydrogen-bond acceptors (Lipinski definition) is 3. The second-order valence-corrected chi connectivity index (χ2v) is 4.34. The molecule has 4 heteroatoms. The molecule has 0 aromatic heterocycles. The highest BCUT2D eigenvalue weighted by atomic mass is 16.6. The minimum absolute atomic E-state index is 0.00207. The van der Waals surface area contributed by atoms with Crippen molar-refractivity contribution in [2.45, 2.75) is 53.1 Å². The van der Waals surface area contributed by atoms with Gasteiger partial charge in [-0.1, -0.05) is 20.8 Å². The molecule has 0 aliphatic heterocycles. The lowest BCUT2D eigenvalue weighted by Crippen LogP contribution is -2.32. The summed E-state index contributed by atoms with van der Waals surface area (Å²) in [6, 6.07) is 0. The number of carbonyl (C=O) groups excluding carboxylic acids is 1. The fourth-order valence-electron chi connectivity index (χ4n) is 1.55. The molecule has 4 nitrogen and oxygen atoms in total.